The molecule has 50 heavy (non-hydrogen) atoms. The molecule has 2 aromatic heterocycles. The molecule has 2 aromatic carbocycles. The first-order chi connectivity index (χ1) is 23.3. The fourth-order valence-electron chi connectivity index (χ4n) is 5.10. The van der Waals surface area contributed by atoms with E-state index in [1.54, 1.807) is 38.1 Å². The summed E-state index contributed by atoms with van der Waals surface area (Å²) >= 11 is 0. The van der Waals surface area contributed by atoms with Gasteiger partial charge in [-0.15, -0.1) is 0 Å². The van der Waals surface area contributed by atoms with E-state index < -0.39 is 0 Å². The Morgan fingerprint density at radius 1 is 0.660 bits per heavy atom. The highest BCUT2D eigenvalue weighted by Crippen LogP contribution is 2.43. The second-order valence-corrected chi connectivity index (χ2v) is 14.7. The molecule has 0 aliphatic heterocycles. The number of ether oxygens (including phenoxy) is 3. The summed E-state index contributed by atoms with van der Waals surface area (Å²) in [5.41, 5.74) is 5.21. The number of nitrogens with one attached hydrogen (secondary N) is 2. The number of hydrogen-bond donors (Lipinski definition) is 2. The van der Waals surface area contributed by atoms with E-state index in [-0.39, 0.29) is 34.6 Å². The van der Waals surface area contributed by atoms with E-state index in [1.807, 2.05) is 24.3 Å². The Morgan fingerprint density at radius 2 is 1.14 bits per heavy atom. The van der Waals surface area contributed by atoms with Gasteiger partial charge in [0.25, 0.3) is 0 Å². The molecule has 0 saturated heterocycles. The Kier molecular flexibility index (Phi) is 13.0. The van der Waals surface area contributed by atoms with Gasteiger partial charge in [0.05, 0.1) is 25.7 Å². The van der Waals surface area contributed by atoms with Crippen molar-refractivity contribution in [3.05, 3.63) is 77.5 Å². The van der Waals surface area contributed by atoms with E-state index in [2.05, 4.69) is 99.8 Å². The molecule has 11 heteroatoms. The molecule has 0 bridgehead atoms. The van der Waals surface area contributed by atoms with Crippen molar-refractivity contribution in [1.29, 1.82) is 0 Å². The van der Waals surface area contributed by atoms with Gasteiger partial charge in [0.2, 0.25) is 5.88 Å². The summed E-state index contributed by atoms with van der Waals surface area (Å²) in [4.78, 5) is 40.0. The first kappa shape index (κ1) is 39.4. The van der Waals surface area contributed by atoms with Gasteiger partial charge in [0, 0.05) is 48.7 Å². The molecule has 2 N–H and O–H groups in total. The van der Waals surface area contributed by atoms with Crippen LogP contribution in [0.2, 0.25) is 0 Å². The summed E-state index contributed by atoms with van der Waals surface area (Å²) in [7, 11) is 1.55. The summed E-state index contributed by atoms with van der Waals surface area (Å²) in [6.07, 6.45) is 8.13. The second-order valence-electron chi connectivity index (χ2n) is 14.7. The number of aromatic nitrogens is 4. The van der Waals surface area contributed by atoms with Crippen molar-refractivity contribution in [1.82, 2.24) is 19.9 Å². The summed E-state index contributed by atoms with van der Waals surface area (Å²) in [6, 6.07) is 8.00. The van der Waals surface area contributed by atoms with Crippen LogP contribution in [0.3, 0.4) is 0 Å². The molecule has 11 nitrogen and oxygen atoms in total. The van der Waals surface area contributed by atoms with Gasteiger partial charge < -0.3 is 24.8 Å². The van der Waals surface area contributed by atoms with Gasteiger partial charge in [0.15, 0.2) is 5.82 Å². The number of methoxy groups -OCH3 is 1. The maximum Gasteiger partial charge on any atom is 0.308 e. The predicted octanol–water partition coefficient (Wildman–Crippen LogP) is 9.14. The second kappa shape index (κ2) is 16.6. The minimum atomic E-state index is -0.328. The van der Waals surface area contributed by atoms with Gasteiger partial charge in [0.1, 0.15) is 17.3 Å². The van der Waals surface area contributed by atoms with Gasteiger partial charge in [-0.05, 0) is 58.1 Å². The minimum Gasteiger partial charge on any atom is -0.480 e. The molecule has 268 valence electrons. The van der Waals surface area contributed by atoms with E-state index in [0.29, 0.717) is 29.0 Å². The van der Waals surface area contributed by atoms with E-state index in [4.69, 9.17) is 14.2 Å². The lowest BCUT2D eigenvalue weighted by molar-refractivity contribution is -0.133. The molecule has 0 aliphatic carbocycles. The molecule has 0 atom stereocenters. The number of esters is 2. The Hall–Kier alpha value is -5.06. The van der Waals surface area contributed by atoms with E-state index >= 15 is 0 Å². The van der Waals surface area contributed by atoms with E-state index in [9.17, 15) is 9.59 Å². The first-order valence-corrected chi connectivity index (χ1v) is 16.7. The van der Waals surface area contributed by atoms with Gasteiger partial charge in [-0.2, -0.15) is 4.98 Å². The number of carbonyl (C=O) groups is 2. The van der Waals surface area contributed by atoms with Crippen LogP contribution in [-0.4, -0.2) is 39.0 Å². The van der Waals surface area contributed by atoms with Crippen LogP contribution in [0, 0.1) is 0 Å². The smallest absolute Gasteiger partial charge is 0.308 e. The van der Waals surface area contributed by atoms with E-state index in [0.717, 1.165) is 33.6 Å². The number of nitrogens with zero attached hydrogens (tertiary/aromatic N) is 4. The van der Waals surface area contributed by atoms with Crippen LogP contribution in [0.1, 0.15) is 117 Å². The highest BCUT2D eigenvalue weighted by atomic mass is 16.5. The van der Waals surface area contributed by atoms with Gasteiger partial charge >= 0.3 is 11.9 Å². The third-order valence-electron chi connectivity index (χ3n) is 7.52. The van der Waals surface area contributed by atoms with Crippen molar-refractivity contribution >= 4 is 34.9 Å². The third kappa shape index (κ3) is 11.0. The van der Waals surface area contributed by atoms with Crippen molar-refractivity contribution < 1.29 is 23.8 Å². The maximum atomic E-state index is 11.7. The zero-order valence-electron chi connectivity index (χ0n) is 31.7. The Bertz CT molecular complexity index is 1710. The Balaban J connectivity index is 0.000000274. The number of anilines is 4. The monoisotopic (exact) mass is 684 g/mol. The number of hydrogen-bond acceptors (Lipinski definition) is 11. The molecular weight excluding hydrogens is 632 g/mol. The Labute approximate surface area is 296 Å². The summed E-state index contributed by atoms with van der Waals surface area (Å²) in [5, 5.41) is 6.55. The highest BCUT2D eigenvalue weighted by Gasteiger charge is 2.29. The van der Waals surface area contributed by atoms with Crippen molar-refractivity contribution in [2.45, 2.75) is 106 Å². The molecule has 0 unspecified atom stereocenters. The van der Waals surface area contributed by atoms with Crippen LogP contribution in [-0.2, 0) is 20.4 Å². The van der Waals surface area contributed by atoms with Crippen LogP contribution >= 0.6 is 0 Å². The molecule has 4 aromatic rings. The normalized spacial score (nSPS) is 11.4. The molecule has 0 aliphatic rings. The van der Waals surface area contributed by atoms with Crippen LogP contribution in [0.15, 0.2) is 55.2 Å². The highest BCUT2D eigenvalue weighted by molar-refractivity contribution is 5.74. The molecule has 0 saturated carbocycles. The van der Waals surface area contributed by atoms with Gasteiger partial charge in [-0.25, -0.2) is 4.98 Å². The lowest BCUT2D eigenvalue weighted by Crippen LogP contribution is -2.21. The number of benzene rings is 2. The van der Waals surface area contributed by atoms with Crippen LogP contribution in [0.4, 0.5) is 23.0 Å². The van der Waals surface area contributed by atoms with Crippen molar-refractivity contribution in [3.8, 4) is 17.4 Å². The largest absolute Gasteiger partial charge is 0.480 e. The zero-order chi connectivity index (χ0) is 37.4. The molecule has 2 heterocycles. The summed E-state index contributed by atoms with van der Waals surface area (Å²) < 4.78 is 16.3. The zero-order valence-corrected chi connectivity index (χ0v) is 31.7. The minimum absolute atomic E-state index is 0.220. The van der Waals surface area contributed by atoms with Crippen molar-refractivity contribution in [3.63, 3.8) is 0 Å². The van der Waals surface area contributed by atoms with Gasteiger partial charge in [-0.3, -0.25) is 19.6 Å². The number of carbonyl (C=O) groups excluding carboxylic acids is 2. The van der Waals surface area contributed by atoms with Crippen molar-refractivity contribution in [2.24, 2.45) is 0 Å². The molecule has 0 spiro atoms. The average Bonchev–Trinajstić information content (AvgIpc) is 3.01. The average molecular weight is 685 g/mol. The lowest BCUT2D eigenvalue weighted by Gasteiger charge is -2.30. The predicted molar refractivity (Wildman–Crippen MR) is 198 cm³/mol. The number of rotatable bonds is 9. The topological polar surface area (TPSA) is 137 Å². The Morgan fingerprint density at radius 3 is 1.58 bits per heavy atom. The lowest BCUT2D eigenvalue weighted by atomic mass is 9.79. The quantitative estimate of drug-likeness (QED) is 0.129. The van der Waals surface area contributed by atoms with Crippen molar-refractivity contribution in [2.75, 3.05) is 17.7 Å². The third-order valence-corrected chi connectivity index (χ3v) is 7.52. The van der Waals surface area contributed by atoms with Crippen LogP contribution < -0.4 is 24.8 Å². The fraction of sp³-hybridized carbons (Fsp3) is 0.436. The first-order valence-electron chi connectivity index (χ1n) is 16.7. The maximum absolute atomic E-state index is 11.7. The molecule has 0 amide bonds. The SMILES string of the molecule is CC(=O)Oc1c(C(C)C)cc(Nc2cnccn2)cc1C(C)C.COc1cncc(Nc2cc(C(C)(C)C)c(OC(C)=O)c(C(C)(C)C)c2)n1. The van der Waals surface area contributed by atoms with Gasteiger partial charge in [-0.1, -0.05) is 69.2 Å². The summed E-state index contributed by atoms with van der Waals surface area (Å²) in [5.74, 6) is 2.82. The molecular formula is C39H52N6O5. The standard InChI is InChI=1S/C21H29N3O3.C18H23N3O2/c1-13(25)27-19-15(20(2,3)4)9-14(10-16(19)21(5,6)7)23-17-11-22-12-18(24-17)26-8;1-11(2)15-8-14(21-17-10-19-6-7-20-17)9-16(12(3)4)18(15)23-13(5)22/h9-12H,1-8H3,(H,23,24);6-12H,1-5H3,(H,20,21). The molecule has 4 rings (SSSR count). The van der Waals surface area contributed by atoms with Crippen LogP contribution in [0.25, 0.3) is 0 Å². The van der Waals surface area contributed by atoms with E-state index in [1.165, 1.54) is 13.8 Å². The molecule has 0 radical (unpaired) electrons. The summed E-state index contributed by atoms with van der Waals surface area (Å²) in [6.45, 7) is 23.8. The molecule has 0 fully saturated rings. The van der Waals surface area contributed by atoms with Crippen LogP contribution in [0.5, 0.6) is 17.4 Å². The fourth-order valence-corrected chi connectivity index (χ4v) is 5.10.